The lowest BCUT2D eigenvalue weighted by molar-refractivity contribution is -0.274. The maximum atomic E-state index is 12.4. The Morgan fingerprint density at radius 2 is 1.79 bits per heavy atom. The van der Waals surface area contributed by atoms with Gasteiger partial charge >= 0.3 is 6.36 Å². The molecule has 0 aromatic heterocycles. The fraction of sp³-hybridized carbons (Fsp3) is 0.250. The first-order valence-corrected chi connectivity index (χ1v) is 8.36. The van der Waals surface area contributed by atoms with E-state index in [4.69, 9.17) is 9.47 Å². The van der Waals surface area contributed by atoms with Gasteiger partial charge in [0, 0.05) is 6.08 Å². The Morgan fingerprint density at radius 1 is 1.07 bits per heavy atom. The van der Waals surface area contributed by atoms with Crippen molar-refractivity contribution >= 4 is 17.7 Å². The van der Waals surface area contributed by atoms with E-state index in [2.05, 4.69) is 10.1 Å². The number of hydrogen-bond donors (Lipinski definition) is 1. The second-order valence-corrected chi connectivity index (χ2v) is 5.94. The molecule has 0 atom stereocenters. The Balaban J connectivity index is 2.10. The third-order valence-electron chi connectivity index (χ3n) is 3.35. The highest BCUT2D eigenvalue weighted by molar-refractivity contribution is 6.02. The van der Waals surface area contributed by atoms with Crippen LogP contribution in [0.5, 0.6) is 17.2 Å². The zero-order valence-corrected chi connectivity index (χ0v) is 15.5. The fourth-order valence-corrected chi connectivity index (χ4v) is 2.27. The summed E-state index contributed by atoms with van der Waals surface area (Å²) in [6, 6.07) is 10.4. The van der Waals surface area contributed by atoms with Crippen molar-refractivity contribution < 1.29 is 32.2 Å². The average Bonchev–Trinajstić information content (AvgIpc) is 2.61. The molecule has 2 rings (SSSR count). The van der Waals surface area contributed by atoms with Crippen molar-refractivity contribution in [3.8, 4) is 17.2 Å². The predicted molar refractivity (Wildman–Crippen MR) is 99.5 cm³/mol. The molecule has 0 heterocycles. The zero-order chi connectivity index (χ0) is 20.7. The van der Waals surface area contributed by atoms with E-state index in [0.29, 0.717) is 17.1 Å². The van der Waals surface area contributed by atoms with E-state index in [0.717, 1.165) is 6.07 Å². The quantitative estimate of drug-likeness (QED) is 0.668. The Labute approximate surface area is 160 Å². The first kappa shape index (κ1) is 21.1. The van der Waals surface area contributed by atoms with Gasteiger partial charge in [0.15, 0.2) is 17.2 Å². The number of ether oxygens (including phenoxy) is 3. The largest absolute Gasteiger partial charge is 0.573 e. The molecule has 2 aromatic rings. The van der Waals surface area contributed by atoms with Crippen molar-refractivity contribution in [2.24, 2.45) is 0 Å². The molecule has 0 aliphatic rings. The number of carbonyl (C=O) groups excluding carboxylic acids is 1. The number of hydrogen-bond acceptors (Lipinski definition) is 4. The second-order valence-electron chi connectivity index (χ2n) is 5.94. The monoisotopic (exact) mass is 395 g/mol. The molecule has 1 N–H and O–H groups in total. The molecule has 150 valence electrons. The summed E-state index contributed by atoms with van der Waals surface area (Å²) >= 11 is 0. The molecule has 0 aliphatic carbocycles. The molecular formula is C20H20F3NO4. The van der Waals surface area contributed by atoms with Gasteiger partial charge in [0.05, 0.1) is 18.9 Å². The Morgan fingerprint density at radius 3 is 2.43 bits per heavy atom. The third kappa shape index (κ3) is 6.53. The van der Waals surface area contributed by atoms with Crippen LogP contribution in [-0.4, -0.2) is 25.5 Å². The van der Waals surface area contributed by atoms with Gasteiger partial charge in [-0.2, -0.15) is 0 Å². The summed E-state index contributed by atoms with van der Waals surface area (Å²) in [6.45, 7) is 3.77. The summed E-state index contributed by atoms with van der Waals surface area (Å²) in [6.07, 6.45) is -2.18. The minimum Gasteiger partial charge on any atom is -0.493 e. The maximum absolute atomic E-state index is 12.4. The number of amides is 1. The van der Waals surface area contributed by atoms with Gasteiger partial charge in [-0.15, -0.1) is 13.2 Å². The van der Waals surface area contributed by atoms with Crippen molar-refractivity contribution in [3.63, 3.8) is 0 Å². The van der Waals surface area contributed by atoms with E-state index < -0.39 is 18.0 Å². The topological polar surface area (TPSA) is 56.8 Å². The molecule has 1 amide bonds. The van der Waals surface area contributed by atoms with Gasteiger partial charge in [0.1, 0.15) is 0 Å². The highest BCUT2D eigenvalue weighted by atomic mass is 19.4. The van der Waals surface area contributed by atoms with Gasteiger partial charge in [0.25, 0.3) is 0 Å². The van der Waals surface area contributed by atoms with Crippen molar-refractivity contribution in [1.82, 2.24) is 0 Å². The van der Waals surface area contributed by atoms with Gasteiger partial charge < -0.3 is 19.5 Å². The number of alkyl halides is 3. The number of nitrogens with one attached hydrogen (secondary N) is 1. The van der Waals surface area contributed by atoms with E-state index in [-0.39, 0.29) is 11.8 Å². The highest BCUT2D eigenvalue weighted by Gasteiger charge is 2.32. The minimum atomic E-state index is -4.85. The van der Waals surface area contributed by atoms with Crippen molar-refractivity contribution in [1.29, 1.82) is 0 Å². The summed E-state index contributed by atoms with van der Waals surface area (Å²) in [4.78, 5) is 12.1. The van der Waals surface area contributed by atoms with Crippen LogP contribution < -0.4 is 19.5 Å². The Hall–Kier alpha value is -3.16. The van der Waals surface area contributed by atoms with E-state index in [1.165, 1.54) is 37.5 Å². The number of anilines is 1. The lowest BCUT2D eigenvalue weighted by Gasteiger charge is -2.14. The molecule has 0 aliphatic heterocycles. The first-order valence-electron chi connectivity index (χ1n) is 8.36. The van der Waals surface area contributed by atoms with Crippen LogP contribution in [0.2, 0.25) is 0 Å². The fourth-order valence-electron chi connectivity index (χ4n) is 2.27. The lowest BCUT2D eigenvalue weighted by Crippen LogP contribution is -2.19. The number of carbonyl (C=O) groups is 1. The summed E-state index contributed by atoms with van der Waals surface area (Å²) in [5.74, 6) is -0.0363. The van der Waals surface area contributed by atoms with Crippen molar-refractivity contribution in [3.05, 3.63) is 54.1 Å². The molecule has 2 aromatic carbocycles. The summed E-state index contributed by atoms with van der Waals surface area (Å²) < 4.78 is 52.1. The van der Waals surface area contributed by atoms with Crippen LogP contribution in [0, 0.1) is 0 Å². The average molecular weight is 395 g/mol. The Kier molecular flexibility index (Phi) is 6.92. The van der Waals surface area contributed by atoms with Crippen LogP contribution in [-0.2, 0) is 4.79 Å². The molecular weight excluding hydrogens is 375 g/mol. The summed E-state index contributed by atoms with van der Waals surface area (Å²) in [7, 11) is 1.50. The molecule has 5 nitrogen and oxygen atoms in total. The molecule has 8 heteroatoms. The number of rotatable bonds is 7. The highest BCUT2D eigenvalue weighted by Crippen LogP contribution is 2.31. The van der Waals surface area contributed by atoms with Gasteiger partial charge in [-0.25, -0.2) is 0 Å². The third-order valence-corrected chi connectivity index (χ3v) is 3.35. The molecule has 0 saturated heterocycles. The van der Waals surface area contributed by atoms with Gasteiger partial charge in [-0.1, -0.05) is 18.2 Å². The number of para-hydroxylation sites is 2. The van der Waals surface area contributed by atoms with E-state index in [9.17, 15) is 18.0 Å². The molecule has 28 heavy (non-hydrogen) atoms. The molecule has 0 unspecified atom stereocenters. The molecule has 0 spiro atoms. The molecule has 0 bridgehead atoms. The maximum Gasteiger partial charge on any atom is 0.573 e. The van der Waals surface area contributed by atoms with Gasteiger partial charge in [0.2, 0.25) is 5.91 Å². The van der Waals surface area contributed by atoms with Crippen LogP contribution in [0.4, 0.5) is 18.9 Å². The lowest BCUT2D eigenvalue weighted by atomic mass is 10.2. The first-order chi connectivity index (χ1) is 13.2. The number of methoxy groups -OCH3 is 1. The zero-order valence-electron chi connectivity index (χ0n) is 15.5. The van der Waals surface area contributed by atoms with E-state index in [1.54, 1.807) is 18.2 Å². The number of halogens is 3. The molecule has 0 radical (unpaired) electrons. The SMILES string of the molecule is COc1cc(/C=C/C(=O)Nc2ccccc2OC(F)(F)F)ccc1OC(C)C. The van der Waals surface area contributed by atoms with Crippen molar-refractivity contribution in [2.75, 3.05) is 12.4 Å². The van der Waals surface area contributed by atoms with Gasteiger partial charge in [-0.05, 0) is 49.8 Å². The summed E-state index contributed by atoms with van der Waals surface area (Å²) in [5, 5.41) is 2.36. The molecule has 0 saturated carbocycles. The Bertz CT molecular complexity index is 848. The van der Waals surface area contributed by atoms with E-state index >= 15 is 0 Å². The van der Waals surface area contributed by atoms with Crippen LogP contribution in [0.3, 0.4) is 0 Å². The van der Waals surface area contributed by atoms with E-state index in [1.807, 2.05) is 13.8 Å². The normalized spacial score (nSPS) is 11.5. The smallest absolute Gasteiger partial charge is 0.493 e. The predicted octanol–water partition coefficient (Wildman–Crippen LogP) is 5.03. The molecule has 0 fully saturated rings. The number of benzene rings is 2. The standard InChI is InChI=1S/C20H20F3NO4/c1-13(2)27-17-10-8-14(12-18(17)26-3)9-11-19(25)24-15-6-4-5-7-16(15)28-20(21,22)23/h4-13H,1-3H3,(H,24,25)/b11-9+. The summed E-state index contributed by atoms with van der Waals surface area (Å²) in [5.41, 5.74) is 0.565. The van der Waals surface area contributed by atoms with Gasteiger partial charge in [-0.3, -0.25) is 4.79 Å². The van der Waals surface area contributed by atoms with Crippen molar-refractivity contribution in [2.45, 2.75) is 26.3 Å². The minimum absolute atomic E-state index is 0.0277. The van der Waals surface area contributed by atoms with Crippen LogP contribution in [0.15, 0.2) is 48.5 Å². The van der Waals surface area contributed by atoms with Crippen LogP contribution in [0.1, 0.15) is 19.4 Å². The van der Waals surface area contributed by atoms with Crippen LogP contribution >= 0.6 is 0 Å². The van der Waals surface area contributed by atoms with Crippen LogP contribution in [0.25, 0.3) is 6.08 Å². The second kappa shape index (κ2) is 9.16.